The highest BCUT2D eigenvalue weighted by Crippen LogP contribution is 2.44. The highest BCUT2D eigenvalue weighted by molar-refractivity contribution is 5.78. The Morgan fingerprint density at radius 2 is 1.97 bits per heavy atom. The van der Waals surface area contributed by atoms with Gasteiger partial charge in [0.15, 0.2) is 0 Å². The van der Waals surface area contributed by atoms with Crippen molar-refractivity contribution < 1.29 is 9.90 Å². The Bertz CT molecular complexity index is 807. The number of aliphatic hydroxyl groups excluding tert-OH is 1. The molecule has 1 saturated heterocycles. The van der Waals surface area contributed by atoms with Gasteiger partial charge in [-0.2, -0.15) is 5.26 Å². The van der Waals surface area contributed by atoms with E-state index in [2.05, 4.69) is 29.6 Å². The summed E-state index contributed by atoms with van der Waals surface area (Å²) in [5.74, 6) is -0.152. The molecule has 0 aromatic heterocycles. The number of aliphatic hydroxyl groups is 1. The largest absolute Gasteiger partial charge is 0.394 e. The topological polar surface area (TPSA) is 76.4 Å². The molecule has 4 rings (SSSR count). The van der Waals surface area contributed by atoms with Gasteiger partial charge in [-0.15, -0.1) is 0 Å². The lowest BCUT2D eigenvalue weighted by Crippen LogP contribution is -2.68. The number of urea groups is 1. The molecular formula is C24H31N3O2. The fourth-order valence-corrected chi connectivity index (χ4v) is 5.32. The lowest BCUT2D eigenvalue weighted by Gasteiger charge is -2.52. The third-order valence-electron chi connectivity index (χ3n) is 6.86. The van der Waals surface area contributed by atoms with E-state index in [1.807, 2.05) is 12.1 Å². The Labute approximate surface area is 173 Å². The lowest BCUT2D eigenvalue weighted by molar-refractivity contribution is 0.0152. The zero-order valence-corrected chi connectivity index (χ0v) is 17.0. The smallest absolute Gasteiger partial charge is 0.319 e. The monoisotopic (exact) mass is 393 g/mol. The third-order valence-corrected chi connectivity index (χ3v) is 6.86. The van der Waals surface area contributed by atoms with E-state index in [0.29, 0.717) is 0 Å². The van der Waals surface area contributed by atoms with Gasteiger partial charge < -0.3 is 15.3 Å². The van der Waals surface area contributed by atoms with Crippen molar-refractivity contribution in [3.05, 3.63) is 41.5 Å². The number of hydrogen-bond acceptors (Lipinski definition) is 3. The van der Waals surface area contributed by atoms with Crippen molar-refractivity contribution in [3.8, 4) is 6.07 Å². The first kappa shape index (κ1) is 20.0. The van der Waals surface area contributed by atoms with E-state index in [0.717, 1.165) is 44.1 Å². The molecule has 29 heavy (non-hydrogen) atoms. The minimum atomic E-state index is -0.541. The molecule has 0 bridgehead atoms. The molecule has 1 aliphatic heterocycles. The molecule has 2 fully saturated rings. The summed E-state index contributed by atoms with van der Waals surface area (Å²) in [4.78, 5) is 14.5. The second-order valence-electron chi connectivity index (χ2n) is 8.60. The molecule has 1 saturated carbocycles. The first-order valence-electron chi connectivity index (χ1n) is 11.1. The Hall–Kier alpha value is -2.32. The van der Waals surface area contributed by atoms with E-state index in [9.17, 15) is 15.2 Å². The van der Waals surface area contributed by atoms with Gasteiger partial charge in [0.1, 0.15) is 6.04 Å². The highest BCUT2D eigenvalue weighted by Gasteiger charge is 2.52. The van der Waals surface area contributed by atoms with Crippen LogP contribution in [0.3, 0.4) is 0 Å². The predicted octanol–water partition coefficient (Wildman–Crippen LogP) is 4.34. The maximum atomic E-state index is 12.9. The number of benzene rings is 1. The standard InChI is InChI=1S/C24H31N3O2/c25-15-21-23(20-14-8-7-13-19(20)17-9-3-1-4-10-17)22(16-28)27(21)24(29)26-18-11-5-2-6-12-18/h7-9,13-14,18,21-23,28H,1-6,10-12,16H2,(H,26,29)/t21-,22+,23+/m1/s1. The molecule has 1 aromatic carbocycles. The van der Waals surface area contributed by atoms with Crippen molar-refractivity contribution in [2.24, 2.45) is 0 Å². The minimum Gasteiger partial charge on any atom is -0.394 e. The number of amides is 2. The maximum absolute atomic E-state index is 12.9. The molecule has 1 heterocycles. The van der Waals surface area contributed by atoms with Crippen molar-refractivity contribution in [1.29, 1.82) is 5.26 Å². The van der Waals surface area contributed by atoms with Gasteiger partial charge in [-0.1, -0.05) is 49.6 Å². The van der Waals surface area contributed by atoms with Crippen molar-refractivity contribution in [1.82, 2.24) is 10.2 Å². The van der Waals surface area contributed by atoms with E-state index < -0.39 is 6.04 Å². The molecule has 5 nitrogen and oxygen atoms in total. The summed E-state index contributed by atoms with van der Waals surface area (Å²) in [6.45, 7) is -0.131. The van der Waals surface area contributed by atoms with Gasteiger partial charge in [-0.25, -0.2) is 4.79 Å². The van der Waals surface area contributed by atoms with E-state index in [4.69, 9.17) is 0 Å². The van der Waals surface area contributed by atoms with Crippen LogP contribution >= 0.6 is 0 Å². The van der Waals surface area contributed by atoms with Crippen LogP contribution in [0.15, 0.2) is 30.3 Å². The second kappa shape index (κ2) is 9.00. The molecule has 3 aliphatic rings. The predicted molar refractivity (Wildman–Crippen MR) is 113 cm³/mol. The van der Waals surface area contributed by atoms with Crippen LogP contribution in [-0.4, -0.2) is 40.8 Å². The molecule has 2 aliphatic carbocycles. The minimum absolute atomic E-state index is 0.131. The second-order valence-corrected chi connectivity index (χ2v) is 8.60. The van der Waals surface area contributed by atoms with Gasteiger partial charge in [0.25, 0.3) is 0 Å². The Morgan fingerprint density at radius 1 is 1.17 bits per heavy atom. The first-order chi connectivity index (χ1) is 14.2. The average molecular weight is 394 g/mol. The summed E-state index contributed by atoms with van der Waals surface area (Å²) in [7, 11) is 0. The van der Waals surface area contributed by atoms with E-state index in [1.54, 1.807) is 4.90 Å². The number of hydrogen-bond donors (Lipinski definition) is 2. The first-order valence-corrected chi connectivity index (χ1v) is 11.1. The summed E-state index contributed by atoms with van der Waals surface area (Å²) < 4.78 is 0. The molecule has 2 N–H and O–H groups in total. The van der Waals surface area contributed by atoms with Crippen LogP contribution < -0.4 is 5.32 Å². The number of carbonyl (C=O) groups excluding carboxylic acids is 1. The van der Waals surface area contributed by atoms with Crippen LogP contribution in [0.5, 0.6) is 0 Å². The summed E-state index contributed by atoms with van der Waals surface area (Å²) in [6, 6.07) is 9.67. The number of carbonyl (C=O) groups is 1. The third kappa shape index (κ3) is 3.91. The maximum Gasteiger partial charge on any atom is 0.319 e. The van der Waals surface area contributed by atoms with Crippen LogP contribution in [-0.2, 0) is 0 Å². The normalized spacial score (nSPS) is 27.5. The zero-order valence-electron chi connectivity index (χ0n) is 17.0. The SMILES string of the molecule is N#C[C@@H]1[C@H](c2ccccc2C2=CCCCC2)[C@H](CO)N1C(=O)NC1CCCCC1. The molecule has 0 spiro atoms. The summed E-state index contributed by atoms with van der Waals surface area (Å²) >= 11 is 0. The molecule has 154 valence electrons. The highest BCUT2D eigenvalue weighted by atomic mass is 16.3. The van der Waals surface area contributed by atoms with Crippen molar-refractivity contribution in [2.75, 3.05) is 6.61 Å². The van der Waals surface area contributed by atoms with Crippen LogP contribution in [0.2, 0.25) is 0 Å². The zero-order chi connectivity index (χ0) is 20.2. The van der Waals surface area contributed by atoms with E-state index >= 15 is 0 Å². The number of rotatable bonds is 4. The van der Waals surface area contributed by atoms with Crippen molar-refractivity contribution >= 4 is 11.6 Å². The van der Waals surface area contributed by atoms with Gasteiger partial charge in [-0.3, -0.25) is 0 Å². The van der Waals surface area contributed by atoms with Crippen molar-refractivity contribution in [3.63, 3.8) is 0 Å². The van der Waals surface area contributed by atoms with E-state index in [-0.39, 0.29) is 30.6 Å². The van der Waals surface area contributed by atoms with Crippen LogP contribution in [0, 0.1) is 11.3 Å². The van der Waals surface area contributed by atoms with Gasteiger partial charge in [0.05, 0.1) is 18.7 Å². The lowest BCUT2D eigenvalue weighted by atomic mass is 9.73. The Balaban J connectivity index is 1.57. The Morgan fingerprint density at radius 3 is 2.66 bits per heavy atom. The number of nitrogens with zero attached hydrogens (tertiary/aromatic N) is 2. The number of likely N-dealkylation sites (tertiary alicyclic amines) is 1. The molecule has 0 unspecified atom stereocenters. The molecule has 0 radical (unpaired) electrons. The molecule has 3 atom stereocenters. The van der Waals surface area contributed by atoms with E-state index in [1.165, 1.54) is 30.4 Å². The summed E-state index contributed by atoms with van der Waals surface area (Å²) in [6.07, 6.45) is 12.4. The number of nitrogens with one attached hydrogen (secondary N) is 1. The van der Waals surface area contributed by atoms with Crippen LogP contribution in [0.4, 0.5) is 4.79 Å². The Kier molecular flexibility index (Phi) is 6.20. The van der Waals surface area contributed by atoms with Crippen LogP contribution in [0.1, 0.15) is 74.8 Å². The molecule has 1 aromatic rings. The fourth-order valence-electron chi connectivity index (χ4n) is 5.32. The molecule has 2 amide bonds. The van der Waals surface area contributed by atoms with Gasteiger partial charge in [0.2, 0.25) is 0 Å². The fraction of sp³-hybridized carbons (Fsp3) is 0.583. The average Bonchev–Trinajstić information content (AvgIpc) is 2.75. The number of nitriles is 1. The molecule has 5 heteroatoms. The summed E-state index contributed by atoms with van der Waals surface area (Å²) in [5.41, 5.74) is 3.61. The summed E-state index contributed by atoms with van der Waals surface area (Å²) in [5, 5.41) is 23.1. The number of allylic oxidation sites excluding steroid dienone is 2. The quantitative estimate of drug-likeness (QED) is 0.799. The van der Waals surface area contributed by atoms with Crippen LogP contribution in [0.25, 0.3) is 5.57 Å². The van der Waals surface area contributed by atoms with Crippen molar-refractivity contribution in [2.45, 2.75) is 81.8 Å². The molecular weight excluding hydrogens is 362 g/mol. The van der Waals surface area contributed by atoms with Gasteiger partial charge in [-0.05, 0) is 55.2 Å². The van der Waals surface area contributed by atoms with Gasteiger partial charge >= 0.3 is 6.03 Å². The van der Waals surface area contributed by atoms with Gasteiger partial charge in [0, 0.05) is 12.0 Å².